The monoisotopic (exact) mass is 498 g/mol. The van der Waals surface area contributed by atoms with Gasteiger partial charge in [0.05, 0.1) is 17.2 Å². The lowest BCUT2D eigenvalue weighted by atomic mass is 10.0. The molecule has 0 bridgehead atoms. The topological polar surface area (TPSA) is 89.5 Å². The molecule has 2 unspecified atom stereocenters. The molecule has 8 heteroatoms. The zero-order valence-corrected chi connectivity index (χ0v) is 21.0. The fraction of sp³-hybridized carbons (Fsp3) is 0.500. The summed E-state index contributed by atoms with van der Waals surface area (Å²) in [6, 6.07) is 17.4. The van der Waals surface area contributed by atoms with Gasteiger partial charge in [0.1, 0.15) is 24.9 Å². The van der Waals surface area contributed by atoms with Gasteiger partial charge in [-0.2, -0.15) is 0 Å². The highest BCUT2D eigenvalue weighted by atomic mass is 16.8. The first-order valence-electron chi connectivity index (χ1n) is 12.5. The number of carbonyl (C=O) groups excluding carboxylic acids is 2. The predicted molar refractivity (Wildman–Crippen MR) is 130 cm³/mol. The van der Waals surface area contributed by atoms with E-state index in [1.807, 2.05) is 26.0 Å². The molecule has 0 N–H and O–H groups in total. The molecule has 2 saturated heterocycles. The van der Waals surface area contributed by atoms with Crippen LogP contribution in [0.5, 0.6) is 0 Å². The van der Waals surface area contributed by atoms with Crippen molar-refractivity contribution in [2.75, 3.05) is 13.2 Å². The van der Waals surface area contributed by atoms with Crippen LogP contribution in [0.15, 0.2) is 60.7 Å². The van der Waals surface area contributed by atoms with E-state index >= 15 is 0 Å². The Morgan fingerprint density at radius 3 is 2.22 bits per heavy atom. The van der Waals surface area contributed by atoms with Crippen molar-refractivity contribution in [3.63, 3.8) is 0 Å². The van der Waals surface area contributed by atoms with Gasteiger partial charge in [-0.3, -0.25) is 0 Å². The van der Waals surface area contributed by atoms with E-state index in [4.69, 9.17) is 28.4 Å². The van der Waals surface area contributed by atoms with Gasteiger partial charge in [-0.15, -0.1) is 0 Å². The Morgan fingerprint density at radius 1 is 0.944 bits per heavy atom. The summed E-state index contributed by atoms with van der Waals surface area (Å²) in [7, 11) is 0. The number of carbonyl (C=O) groups is 2. The van der Waals surface area contributed by atoms with Crippen molar-refractivity contribution >= 4 is 11.9 Å². The average molecular weight is 499 g/mol. The lowest BCUT2D eigenvalue weighted by molar-refractivity contribution is -0.221. The standard InChI is InChI=1S/C28H34O8/c1-4-5-16-31-23-22(34-27-24(23)35-28(2,3)36-27)17-21(33-26(30)20-14-10-7-11-15-20)18-32-25(29)19-12-8-6-9-13-19/h6-15,21-24,27H,4-5,16-18H2,1-3H3/t21?,22-,23+,24-,27?/m1/s1. The number of rotatable bonds is 11. The molecule has 2 heterocycles. The molecule has 5 atom stereocenters. The molecular formula is C28H34O8. The minimum atomic E-state index is -0.781. The Kier molecular flexibility index (Phi) is 8.74. The normalized spacial score (nSPS) is 25.2. The molecule has 4 rings (SSSR count). The van der Waals surface area contributed by atoms with Gasteiger partial charge in [-0.1, -0.05) is 49.7 Å². The van der Waals surface area contributed by atoms with Crippen LogP contribution in [0.1, 0.15) is 60.7 Å². The second-order valence-electron chi connectivity index (χ2n) is 9.43. The van der Waals surface area contributed by atoms with Crippen LogP contribution in [-0.2, 0) is 28.4 Å². The van der Waals surface area contributed by atoms with Crippen molar-refractivity contribution in [3.8, 4) is 0 Å². The molecule has 0 aromatic heterocycles. The van der Waals surface area contributed by atoms with Crippen molar-refractivity contribution in [3.05, 3.63) is 71.8 Å². The van der Waals surface area contributed by atoms with Gasteiger partial charge in [0, 0.05) is 13.0 Å². The van der Waals surface area contributed by atoms with E-state index in [2.05, 4.69) is 6.92 Å². The third-order valence-electron chi connectivity index (χ3n) is 6.08. The van der Waals surface area contributed by atoms with Crippen LogP contribution in [0.2, 0.25) is 0 Å². The maximum Gasteiger partial charge on any atom is 0.338 e. The third-order valence-corrected chi connectivity index (χ3v) is 6.08. The Labute approximate surface area is 211 Å². The summed E-state index contributed by atoms with van der Waals surface area (Å²) in [6.45, 7) is 6.18. The van der Waals surface area contributed by atoms with Crippen molar-refractivity contribution in [1.82, 2.24) is 0 Å². The van der Waals surface area contributed by atoms with E-state index in [1.165, 1.54) is 0 Å². The van der Waals surface area contributed by atoms with Gasteiger partial charge in [-0.05, 0) is 44.5 Å². The van der Waals surface area contributed by atoms with Gasteiger partial charge < -0.3 is 28.4 Å². The second-order valence-corrected chi connectivity index (χ2v) is 9.43. The van der Waals surface area contributed by atoms with Crippen molar-refractivity contribution in [1.29, 1.82) is 0 Å². The van der Waals surface area contributed by atoms with E-state index in [1.54, 1.807) is 48.5 Å². The number of benzene rings is 2. The summed E-state index contributed by atoms with van der Waals surface area (Å²) in [5, 5.41) is 0. The maximum atomic E-state index is 12.8. The van der Waals surface area contributed by atoms with Crippen LogP contribution in [0.4, 0.5) is 0 Å². The fourth-order valence-corrected chi connectivity index (χ4v) is 4.33. The second kappa shape index (κ2) is 12.0. The average Bonchev–Trinajstić information content (AvgIpc) is 3.34. The van der Waals surface area contributed by atoms with Crippen LogP contribution in [0.3, 0.4) is 0 Å². The lowest BCUT2D eigenvalue weighted by Crippen LogP contribution is -2.40. The SMILES string of the molecule is CCCCO[C@H]1[C@@H](CC(COC(=O)c2ccccc2)OC(=O)c2ccccc2)OC2OC(C)(C)O[C@@H]21. The van der Waals surface area contributed by atoms with Crippen LogP contribution in [0.25, 0.3) is 0 Å². The summed E-state index contributed by atoms with van der Waals surface area (Å²) in [6.07, 6.45) is -0.512. The molecule has 194 valence electrons. The number of unbranched alkanes of at least 4 members (excludes halogenated alkanes) is 1. The van der Waals surface area contributed by atoms with E-state index in [-0.39, 0.29) is 13.0 Å². The smallest absolute Gasteiger partial charge is 0.338 e. The summed E-state index contributed by atoms with van der Waals surface area (Å²) in [4.78, 5) is 25.4. The molecule has 0 spiro atoms. The number of hydrogen-bond acceptors (Lipinski definition) is 8. The molecule has 0 aliphatic carbocycles. The molecule has 2 aliphatic rings. The number of ether oxygens (including phenoxy) is 6. The minimum absolute atomic E-state index is 0.129. The van der Waals surface area contributed by atoms with E-state index in [9.17, 15) is 9.59 Å². The van der Waals surface area contributed by atoms with Gasteiger partial charge in [0.25, 0.3) is 0 Å². The quantitative estimate of drug-likeness (QED) is 0.330. The predicted octanol–water partition coefficient (Wildman–Crippen LogP) is 4.52. The molecule has 36 heavy (non-hydrogen) atoms. The van der Waals surface area contributed by atoms with E-state index < -0.39 is 48.4 Å². The molecule has 0 amide bonds. The largest absolute Gasteiger partial charge is 0.458 e. The highest BCUT2D eigenvalue weighted by molar-refractivity contribution is 5.90. The fourth-order valence-electron chi connectivity index (χ4n) is 4.33. The molecule has 0 saturated carbocycles. The van der Waals surface area contributed by atoms with E-state index in [0.29, 0.717) is 17.7 Å². The first kappa shape index (κ1) is 26.3. The minimum Gasteiger partial charge on any atom is -0.458 e. The Bertz CT molecular complexity index is 993. The molecular weight excluding hydrogens is 464 g/mol. The van der Waals surface area contributed by atoms with Gasteiger partial charge >= 0.3 is 11.9 Å². The Balaban J connectivity index is 1.47. The molecule has 2 fully saturated rings. The van der Waals surface area contributed by atoms with Gasteiger partial charge in [0.2, 0.25) is 0 Å². The first-order valence-corrected chi connectivity index (χ1v) is 12.5. The van der Waals surface area contributed by atoms with Crippen LogP contribution >= 0.6 is 0 Å². The molecule has 2 aromatic carbocycles. The molecule has 2 aliphatic heterocycles. The molecule has 0 radical (unpaired) electrons. The zero-order valence-electron chi connectivity index (χ0n) is 21.0. The summed E-state index contributed by atoms with van der Waals surface area (Å²) >= 11 is 0. The van der Waals surface area contributed by atoms with Crippen molar-refractivity contribution < 1.29 is 38.0 Å². The molecule has 2 aromatic rings. The maximum absolute atomic E-state index is 12.8. The number of esters is 2. The Hall–Kier alpha value is -2.78. The first-order chi connectivity index (χ1) is 17.4. The summed E-state index contributed by atoms with van der Waals surface area (Å²) in [5.74, 6) is -1.78. The van der Waals surface area contributed by atoms with Crippen molar-refractivity contribution in [2.24, 2.45) is 0 Å². The summed E-state index contributed by atoms with van der Waals surface area (Å²) in [5.41, 5.74) is 0.826. The summed E-state index contributed by atoms with van der Waals surface area (Å²) < 4.78 is 35.6. The van der Waals surface area contributed by atoms with Crippen LogP contribution < -0.4 is 0 Å². The van der Waals surface area contributed by atoms with Crippen LogP contribution in [-0.4, -0.2) is 61.6 Å². The lowest BCUT2D eigenvalue weighted by Gasteiger charge is -2.28. The van der Waals surface area contributed by atoms with Gasteiger partial charge in [0.15, 0.2) is 12.1 Å². The number of fused-ring (bicyclic) bond motifs is 1. The van der Waals surface area contributed by atoms with Crippen molar-refractivity contribution in [2.45, 2.75) is 76.5 Å². The Morgan fingerprint density at radius 2 is 1.58 bits per heavy atom. The van der Waals surface area contributed by atoms with Crippen LogP contribution in [0, 0.1) is 0 Å². The molecule has 8 nitrogen and oxygen atoms in total. The highest BCUT2D eigenvalue weighted by Crippen LogP contribution is 2.40. The zero-order chi connectivity index (χ0) is 25.5. The van der Waals surface area contributed by atoms with Gasteiger partial charge in [-0.25, -0.2) is 9.59 Å². The van der Waals surface area contributed by atoms with E-state index in [0.717, 1.165) is 12.8 Å². The highest BCUT2D eigenvalue weighted by Gasteiger charge is 2.55. The number of hydrogen-bond donors (Lipinski definition) is 0. The third kappa shape index (κ3) is 6.70.